The normalized spacial score (nSPS) is 13.7. The zero-order chi connectivity index (χ0) is 15.2. The number of nitrogens with zero attached hydrogens (tertiary/aromatic N) is 1. The molecule has 2 aromatic carbocycles. The number of hydrogen-bond donors (Lipinski definition) is 0. The molecule has 21 heavy (non-hydrogen) atoms. The lowest BCUT2D eigenvalue weighted by Gasteiger charge is -2.27. The van der Waals surface area contributed by atoms with Gasteiger partial charge < -0.3 is 4.90 Å². The SMILES string of the molecule is C[C@H](Br)CN(C[C@H](C)Br)c1ccc(-c2ccccc2)cc1. The summed E-state index contributed by atoms with van der Waals surface area (Å²) < 4.78 is 0. The van der Waals surface area contributed by atoms with Crippen LogP contribution in [0.1, 0.15) is 13.8 Å². The molecule has 0 aliphatic rings. The fourth-order valence-corrected chi connectivity index (χ4v) is 3.09. The van der Waals surface area contributed by atoms with Crippen molar-refractivity contribution in [1.82, 2.24) is 0 Å². The molecule has 0 bridgehead atoms. The molecule has 0 heterocycles. The lowest BCUT2D eigenvalue weighted by Crippen LogP contribution is -2.33. The van der Waals surface area contributed by atoms with E-state index in [0.29, 0.717) is 9.65 Å². The summed E-state index contributed by atoms with van der Waals surface area (Å²) >= 11 is 7.31. The lowest BCUT2D eigenvalue weighted by molar-refractivity contribution is 0.771. The molecule has 3 heteroatoms. The molecule has 0 aromatic heterocycles. The molecular formula is C18H21Br2N. The molecule has 1 nitrogen and oxygen atoms in total. The lowest BCUT2D eigenvalue weighted by atomic mass is 10.1. The quantitative estimate of drug-likeness (QED) is 0.549. The summed E-state index contributed by atoms with van der Waals surface area (Å²) in [6.45, 7) is 6.37. The van der Waals surface area contributed by atoms with Crippen molar-refractivity contribution in [2.24, 2.45) is 0 Å². The maximum atomic E-state index is 3.66. The van der Waals surface area contributed by atoms with Gasteiger partial charge in [-0.25, -0.2) is 0 Å². The monoisotopic (exact) mass is 409 g/mol. The van der Waals surface area contributed by atoms with Gasteiger partial charge in [-0.3, -0.25) is 0 Å². The predicted octanol–water partition coefficient (Wildman–Crippen LogP) is 5.73. The Morgan fingerprint density at radius 3 is 1.71 bits per heavy atom. The number of anilines is 1. The Bertz CT molecular complexity index is 525. The first-order valence-corrected chi connectivity index (χ1v) is 9.08. The van der Waals surface area contributed by atoms with E-state index in [9.17, 15) is 0 Å². The van der Waals surface area contributed by atoms with Gasteiger partial charge in [0.05, 0.1) is 0 Å². The summed E-state index contributed by atoms with van der Waals surface area (Å²) in [5, 5.41) is 0. The van der Waals surface area contributed by atoms with Crippen molar-refractivity contribution in [2.45, 2.75) is 23.5 Å². The summed E-state index contributed by atoms with van der Waals surface area (Å²) in [6.07, 6.45) is 0. The first-order valence-electron chi connectivity index (χ1n) is 7.25. The highest BCUT2D eigenvalue weighted by atomic mass is 79.9. The van der Waals surface area contributed by atoms with Gasteiger partial charge in [0, 0.05) is 28.4 Å². The maximum absolute atomic E-state index is 3.66. The minimum atomic E-state index is 0.470. The molecule has 0 radical (unpaired) electrons. The third-order valence-electron chi connectivity index (χ3n) is 3.28. The molecule has 0 spiro atoms. The van der Waals surface area contributed by atoms with Crippen LogP contribution in [0.3, 0.4) is 0 Å². The highest BCUT2D eigenvalue weighted by molar-refractivity contribution is 9.09. The van der Waals surface area contributed by atoms with Gasteiger partial charge in [-0.05, 0) is 23.3 Å². The van der Waals surface area contributed by atoms with Gasteiger partial charge in [-0.15, -0.1) is 0 Å². The fraction of sp³-hybridized carbons (Fsp3) is 0.333. The van der Waals surface area contributed by atoms with E-state index in [-0.39, 0.29) is 0 Å². The highest BCUT2D eigenvalue weighted by Gasteiger charge is 2.12. The number of alkyl halides is 2. The Hall–Kier alpha value is -0.800. The average Bonchev–Trinajstić information content (AvgIpc) is 2.47. The van der Waals surface area contributed by atoms with E-state index < -0.39 is 0 Å². The van der Waals surface area contributed by atoms with Crippen LogP contribution in [0.5, 0.6) is 0 Å². The largest absolute Gasteiger partial charge is 0.369 e. The first-order chi connectivity index (χ1) is 10.1. The molecule has 0 saturated heterocycles. The Balaban J connectivity index is 2.19. The van der Waals surface area contributed by atoms with Crippen LogP contribution in [0.2, 0.25) is 0 Å². The van der Waals surface area contributed by atoms with Crippen molar-refractivity contribution < 1.29 is 0 Å². The zero-order valence-electron chi connectivity index (χ0n) is 12.5. The van der Waals surface area contributed by atoms with Crippen molar-refractivity contribution in [3.8, 4) is 11.1 Å². The molecule has 0 aliphatic heterocycles. The molecule has 112 valence electrons. The summed E-state index contributed by atoms with van der Waals surface area (Å²) in [4.78, 5) is 3.35. The van der Waals surface area contributed by atoms with Crippen LogP contribution in [0.15, 0.2) is 54.6 Å². The van der Waals surface area contributed by atoms with E-state index in [1.165, 1.54) is 16.8 Å². The minimum Gasteiger partial charge on any atom is -0.369 e. The standard InChI is InChI=1S/C18H21Br2N/c1-14(19)12-21(13-15(2)20)18-10-8-17(9-11-18)16-6-4-3-5-7-16/h3-11,14-15H,12-13H2,1-2H3/t14-,15-/m0/s1. The van der Waals surface area contributed by atoms with E-state index in [1.807, 2.05) is 6.07 Å². The fourth-order valence-electron chi connectivity index (χ4n) is 2.39. The van der Waals surface area contributed by atoms with Crippen LogP contribution in [0.4, 0.5) is 5.69 Å². The van der Waals surface area contributed by atoms with E-state index in [2.05, 4.69) is 99.1 Å². The van der Waals surface area contributed by atoms with Crippen LogP contribution in [-0.2, 0) is 0 Å². The Kier molecular flexibility index (Phi) is 6.31. The molecule has 2 rings (SSSR count). The molecule has 2 aromatic rings. The maximum Gasteiger partial charge on any atom is 0.0367 e. The minimum absolute atomic E-state index is 0.470. The Morgan fingerprint density at radius 2 is 1.24 bits per heavy atom. The van der Waals surface area contributed by atoms with Crippen LogP contribution >= 0.6 is 31.9 Å². The second kappa shape index (κ2) is 8.00. The third kappa shape index (κ3) is 5.15. The number of rotatable bonds is 6. The highest BCUT2D eigenvalue weighted by Crippen LogP contribution is 2.24. The van der Waals surface area contributed by atoms with Crippen LogP contribution in [0.25, 0.3) is 11.1 Å². The Morgan fingerprint density at radius 1 is 0.762 bits per heavy atom. The second-order valence-electron chi connectivity index (χ2n) is 5.38. The summed E-state index contributed by atoms with van der Waals surface area (Å²) in [7, 11) is 0. The summed E-state index contributed by atoms with van der Waals surface area (Å²) in [6, 6.07) is 19.3. The van der Waals surface area contributed by atoms with Gasteiger partial charge in [0.15, 0.2) is 0 Å². The number of hydrogen-bond acceptors (Lipinski definition) is 1. The van der Waals surface area contributed by atoms with E-state index in [4.69, 9.17) is 0 Å². The summed E-state index contributed by atoms with van der Waals surface area (Å²) in [5.74, 6) is 0. The second-order valence-corrected chi connectivity index (χ2v) is 8.51. The smallest absolute Gasteiger partial charge is 0.0367 e. The van der Waals surface area contributed by atoms with E-state index in [1.54, 1.807) is 0 Å². The van der Waals surface area contributed by atoms with Gasteiger partial charge in [0.25, 0.3) is 0 Å². The zero-order valence-corrected chi connectivity index (χ0v) is 15.6. The first kappa shape index (κ1) is 16.6. The van der Waals surface area contributed by atoms with Gasteiger partial charge in [0.1, 0.15) is 0 Å². The Labute approximate surface area is 144 Å². The summed E-state index contributed by atoms with van der Waals surface area (Å²) in [5.41, 5.74) is 3.80. The molecular weight excluding hydrogens is 390 g/mol. The predicted molar refractivity (Wildman–Crippen MR) is 101 cm³/mol. The van der Waals surface area contributed by atoms with Crippen molar-refractivity contribution in [2.75, 3.05) is 18.0 Å². The molecule has 0 saturated carbocycles. The van der Waals surface area contributed by atoms with Crippen molar-refractivity contribution in [3.05, 3.63) is 54.6 Å². The van der Waals surface area contributed by atoms with Crippen LogP contribution in [0, 0.1) is 0 Å². The van der Waals surface area contributed by atoms with E-state index in [0.717, 1.165) is 13.1 Å². The molecule has 0 N–H and O–H groups in total. The third-order valence-corrected chi connectivity index (χ3v) is 3.86. The van der Waals surface area contributed by atoms with Gasteiger partial charge in [-0.1, -0.05) is 88.2 Å². The van der Waals surface area contributed by atoms with Gasteiger partial charge >= 0.3 is 0 Å². The van der Waals surface area contributed by atoms with Gasteiger partial charge in [-0.2, -0.15) is 0 Å². The van der Waals surface area contributed by atoms with Crippen molar-refractivity contribution in [1.29, 1.82) is 0 Å². The average molecular weight is 411 g/mol. The molecule has 2 atom stereocenters. The molecule has 0 fully saturated rings. The number of halogens is 2. The van der Waals surface area contributed by atoms with Gasteiger partial charge in [0.2, 0.25) is 0 Å². The molecule has 0 amide bonds. The van der Waals surface area contributed by atoms with E-state index >= 15 is 0 Å². The van der Waals surface area contributed by atoms with Crippen molar-refractivity contribution in [3.63, 3.8) is 0 Å². The van der Waals surface area contributed by atoms with Crippen LogP contribution < -0.4 is 4.90 Å². The topological polar surface area (TPSA) is 3.24 Å². The van der Waals surface area contributed by atoms with Crippen LogP contribution in [-0.4, -0.2) is 22.7 Å². The van der Waals surface area contributed by atoms with Crippen molar-refractivity contribution >= 4 is 37.5 Å². The number of benzene rings is 2. The molecule has 0 unspecified atom stereocenters. The molecule has 0 aliphatic carbocycles.